The van der Waals surface area contributed by atoms with Crippen molar-refractivity contribution in [3.05, 3.63) is 60.8 Å². The van der Waals surface area contributed by atoms with Gasteiger partial charge in [-0.05, 0) is 11.5 Å². The van der Waals surface area contributed by atoms with Gasteiger partial charge in [0.1, 0.15) is 12.1 Å². The Morgan fingerprint density at radius 1 is 0.944 bits per heavy atom. The Hall–Kier alpha value is -2.49. The second kappa shape index (κ2) is 4.41. The first kappa shape index (κ1) is 10.7. The van der Waals surface area contributed by atoms with E-state index in [0.717, 1.165) is 16.5 Å². The third kappa shape index (κ3) is 2.00. The van der Waals surface area contributed by atoms with E-state index >= 15 is 0 Å². The summed E-state index contributed by atoms with van der Waals surface area (Å²) in [7, 11) is 0. The number of halogens is 1. The molecule has 18 heavy (non-hydrogen) atoms. The maximum absolute atomic E-state index is 13.0. The molecule has 0 fully saturated rings. The molecule has 0 spiro atoms. The predicted octanol–water partition coefficient (Wildman–Crippen LogP) is 3.51. The van der Waals surface area contributed by atoms with Gasteiger partial charge in [-0.3, -0.25) is 0 Å². The summed E-state index contributed by atoms with van der Waals surface area (Å²) in [6.45, 7) is 0. The third-order valence-corrected chi connectivity index (χ3v) is 2.69. The van der Waals surface area contributed by atoms with Gasteiger partial charge >= 0.3 is 0 Å². The molecule has 88 valence electrons. The Morgan fingerprint density at radius 2 is 1.78 bits per heavy atom. The van der Waals surface area contributed by atoms with E-state index in [9.17, 15) is 4.39 Å². The fourth-order valence-corrected chi connectivity index (χ4v) is 1.87. The van der Waals surface area contributed by atoms with Crippen LogP contribution in [0.15, 0.2) is 54.9 Å². The second-order valence-corrected chi connectivity index (χ2v) is 3.88. The number of nitrogens with zero attached hydrogens (tertiary/aromatic N) is 2. The molecule has 2 aromatic carbocycles. The molecular weight excluding hydrogens is 229 g/mol. The summed E-state index contributed by atoms with van der Waals surface area (Å²) in [5, 5.41) is 5.29. The zero-order chi connectivity index (χ0) is 12.4. The van der Waals surface area contributed by atoms with Gasteiger partial charge in [0.25, 0.3) is 0 Å². The Morgan fingerprint density at radius 3 is 2.67 bits per heavy atom. The van der Waals surface area contributed by atoms with Crippen molar-refractivity contribution < 1.29 is 4.39 Å². The van der Waals surface area contributed by atoms with Gasteiger partial charge in [0, 0.05) is 17.1 Å². The second-order valence-electron chi connectivity index (χ2n) is 3.88. The van der Waals surface area contributed by atoms with E-state index in [0.29, 0.717) is 5.82 Å². The largest absolute Gasteiger partial charge is 0.340 e. The lowest BCUT2D eigenvalue weighted by Gasteiger charge is -2.08. The average molecular weight is 239 g/mol. The van der Waals surface area contributed by atoms with Gasteiger partial charge in [0.05, 0.1) is 0 Å². The highest BCUT2D eigenvalue weighted by Crippen LogP contribution is 2.25. The van der Waals surface area contributed by atoms with Gasteiger partial charge in [-0.1, -0.05) is 36.4 Å². The molecule has 1 heterocycles. The molecule has 3 nitrogen and oxygen atoms in total. The monoisotopic (exact) mass is 239 g/mol. The number of aromatic nitrogens is 2. The van der Waals surface area contributed by atoms with E-state index < -0.39 is 5.95 Å². The van der Waals surface area contributed by atoms with E-state index in [1.165, 1.54) is 12.4 Å². The summed E-state index contributed by atoms with van der Waals surface area (Å²) in [6.07, 6.45) is 1.20. The van der Waals surface area contributed by atoms with Crippen LogP contribution in [0.3, 0.4) is 0 Å². The molecule has 0 radical (unpaired) electrons. The number of anilines is 2. The maximum Gasteiger partial charge on any atom is 0.218 e. The summed E-state index contributed by atoms with van der Waals surface area (Å²) in [4.78, 5) is 7.41. The molecule has 0 aliphatic heterocycles. The van der Waals surface area contributed by atoms with Crippen LogP contribution < -0.4 is 5.32 Å². The molecule has 0 aliphatic rings. The molecule has 3 rings (SSSR count). The Kier molecular flexibility index (Phi) is 2.61. The molecule has 1 aromatic heterocycles. The summed E-state index contributed by atoms with van der Waals surface area (Å²) < 4.78 is 13.0. The first-order valence-electron chi connectivity index (χ1n) is 5.55. The van der Waals surface area contributed by atoms with E-state index in [-0.39, 0.29) is 0 Å². The van der Waals surface area contributed by atoms with Crippen molar-refractivity contribution in [3.8, 4) is 0 Å². The van der Waals surface area contributed by atoms with Gasteiger partial charge in [-0.25, -0.2) is 9.97 Å². The lowest BCUT2D eigenvalue weighted by molar-refractivity contribution is 0.580. The number of benzene rings is 2. The highest BCUT2D eigenvalue weighted by atomic mass is 19.1. The molecule has 4 heteroatoms. The number of rotatable bonds is 2. The van der Waals surface area contributed by atoms with E-state index in [4.69, 9.17) is 0 Å². The quantitative estimate of drug-likeness (QED) is 0.695. The van der Waals surface area contributed by atoms with Crippen LogP contribution in [0.5, 0.6) is 0 Å². The molecule has 0 atom stereocenters. The fourth-order valence-electron chi connectivity index (χ4n) is 1.87. The number of nitrogens with one attached hydrogen (secondary N) is 1. The highest BCUT2D eigenvalue weighted by Gasteiger charge is 2.02. The van der Waals surface area contributed by atoms with Gasteiger partial charge in [0.15, 0.2) is 0 Å². The zero-order valence-corrected chi connectivity index (χ0v) is 9.47. The molecular formula is C14H10FN3. The Bertz CT molecular complexity index is 692. The molecule has 1 N–H and O–H groups in total. The van der Waals surface area contributed by atoms with E-state index in [1.54, 1.807) is 0 Å². The van der Waals surface area contributed by atoms with Crippen LogP contribution >= 0.6 is 0 Å². The standard InChI is InChI=1S/C14H10FN3/c15-13-8-14(17-9-16-13)18-12-7-3-5-10-4-1-2-6-11(10)12/h1-9H,(H,16,17,18). The molecule has 0 amide bonds. The number of fused-ring (bicyclic) bond motifs is 1. The minimum Gasteiger partial charge on any atom is -0.340 e. The van der Waals surface area contributed by atoms with Crippen molar-refractivity contribution in [3.63, 3.8) is 0 Å². The van der Waals surface area contributed by atoms with Crippen molar-refractivity contribution in [2.45, 2.75) is 0 Å². The Labute approximate surface area is 103 Å². The summed E-state index contributed by atoms with van der Waals surface area (Å²) in [5.41, 5.74) is 0.895. The van der Waals surface area contributed by atoms with Crippen molar-refractivity contribution in [1.82, 2.24) is 9.97 Å². The predicted molar refractivity (Wildman–Crippen MR) is 69.2 cm³/mol. The smallest absolute Gasteiger partial charge is 0.218 e. The molecule has 3 aromatic rings. The molecule has 0 unspecified atom stereocenters. The first-order valence-corrected chi connectivity index (χ1v) is 5.55. The van der Waals surface area contributed by atoms with Crippen LogP contribution in [0, 0.1) is 5.95 Å². The number of hydrogen-bond donors (Lipinski definition) is 1. The maximum atomic E-state index is 13.0. The lowest BCUT2D eigenvalue weighted by Crippen LogP contribution is -1.96. The summed E-state index contributed by atoms with van der Waals surface area (Å²) >= 11 is 0. The van der Waals surface area contributed by atoms with Gasteiger partial charge in [-0.2, -0.15) is 4.39 Å². The van der Waals surface area contributed by atoms with Crippen LogP contribution in [0.2, 0.25) is 0 Å². The average Bonchev–Trinajstić information content (AvgIpc) is 2.39. The SMILES string of the molecule is Fc1cc(Nc2cccc3ccccc23)ncn1. The molecule has 0 saturated carbocycles. The van der Waals surface area contributed by atoms with Gasteiger partial charge in [0.2, 0.25) is 5.95 Å². The molecule has 0 aliphatic carbocycles. The zero-order valence-electron chi connectivity index (χ0n) is 9.47. The minimum absolute atomic E-state index is 0.443. The van der Waals surface area contributed by atoms with E-state index in [1.807, 2.05) is 42.5 Å². The van der Waals surface area contributed by atoms with Crippen LogP contribution in [0.25, 0.3) is 10.8 Å². The van der Waals surface area contributed by atoms with Crippen molar-refractivity contribution in [2.75, 3.05) is 5.32 Å². The van der Waals surface area contributed by atoms with Crippen LogP contribution in [0.1, 0.15) is 0 Å². The fraction of sp³-hybridized carbons (Fsp3) is 0. The van der Waals surface area contributed by atoms with Crippen molar-refractivity contribution in [1.29, 1.82) is 0 Å². The van der Waals surface area contributed by atoms with Crippen molar-refractivity contribution in [2.24, 2.45) is 0 Å². The van der Waals surface area contributed by atoms with E-state index in [2.05, 4.69) is 15.3 Å². The topological polar surface area (TPSA) is 37.8 Å². The number of hydrogen-bond acceptors (Lipinski definition) is 3. The van der Waals surface area contributed by atoms with Crippen LogP contribution in [-0.4, -0.2) is 9.97 Å². The normalized spacial score (nSPS) is 10.5. The lowest BCUT2D eigenvalue weighted by atomic mass is 10.1. The van der Waals surface area contributed by atoms with Crippen LogP contribution in [0.4, 0.5) is 15.9 Å². The molecule has 0 saturated heterocycles. The highest BCUT2D eigenvalue weighted by molar-refractivity contribution is 5.95. The minimum atomic E-state index is -0.548. The van der Waals surface area contributed by atoms with Gasteiger partial charge < -0.3 is 5.32 Å². The summed E-state index contributed by atoms with van der Waals surface area (Å²) in [6, 6.07) is 15.2. The van der Waals surface area contributed by atoms with Crippen molar-refractivity contribution >= 4 is 22.3 Å². The third-order valence-electron chi connectivity index (χ3n) is 2.69. The summed E-state index contributed by atoms with van der Waals surface area (Å²) in [5.74, 6) is -0.105. The Balaban J connectivity index is 2.05. The first-order chi connectivity index (χ1) is 8.83. The molecule has 0 bridgehead atoms. The van der Waals surface area contributed by atoms with Gasteiger partial charge in [-0.15, -0.1) is 0 Å². The van der Waals surface area contributed by atoms with Crippen LogP contribution in [-0.2, 0) is 0 Å².